The zero-order chi connectivity index (χ0) is 24.7. The second-order valence-corrected chi connectivity index (χ2v) is 9.41. The monoisotopic (exact) mass is 505 g/mol. The van der Waals surface area contributed by atoms with E-state index in [0.717, 1.165) is 0 Å². The summed E-state index contributed by atoms with van der Waals surface area (Å²) < 4.78 is 33.7. The highest BCUT2D eigenvalue weighted by Gasteiger charge is 2.18. The number of nitrogens with zero attached hydrogens (tertiary/aromatic N) is 1. The number of nitrogens with one attached hydrogen (secondary N) is 2. The van der Waals surface area contributed by atoms with Crippen LogP contribution in [-0.2, 0) is 10.0 Å². The SMILES string of the molecule is O=C(N/N=C\c1cccc(Oc2ccccc2)c1)c1ccccc1NS(=O)(=O)c1ccc(Cl)cc1. The number of carbonyl (C=O) groups is 1. The van der Waals surface area contributed by atoms with Crippen LogP contribution in [0.25, 0.3) is 0 Å². The van der Waals surface area contributed by atoms with Crippen LogP contribution in [-0.4, -0.2) is 20.5 Å². The molecule has 7 nitrogen and oxygen atoms in total. The van der Waals surface area contributed by atoms with E-state index in [4.69, 9.17) is 16.3 Å². The zero-order valence-corrected chi connectivity index (χ0v) is 19.8. The molecule has 0 spiro atoms. The van der Waals surface area contributed by atoms with Crippen molar-refractivity contribution in [1.82, 2.24) is 5.43 Å². The van der Waals surface area contributed by atoms with Crippen LogP contribution in [0.4, 0.5) is 5.69 Å². The first-order valence-corrected chi connectivity index (χ1v) is 12.3. The van der Waals surface area contributed by atoms with Crippen LogP contribution in [0.5, 0.6) is 11.5 Å². The average molecular weight is 506 g/mol. The highest BCUT2D eigenvalue weighted by atomic mass is 35.5. The van der Waals surface area contributed by atoms with Crippen molar-refractivity contribution in [3.63, 3.8) is 0 Å². The Labute approximate surface area is 208 Å². The zero-order valence-electron chi connectivity index (χ0n) is 18.3. The Kier molecular flexibility index (Phi) is 7.45. The molecule has 0 bridgehead atoms. The van der Waals surface area contributed by atoms with Crippen LogP contribution >= 0.6 is 11.6 Å². The van der Waals surface area contributed by atoms with Gasteiger partial charge in [-0.25, -0.2) is 13.8 Å². The van der Waals surface area contributed by atoms with E-state index in [0.29, 0.717) is 22.1 Å². The molecule has 176 valence electrons. The highest BCUT2D eigenvalue weighted by Crippen LogP contribution is 2.22. The number of amides is 1. The molecule has 35 heavy (non-hydrogen) atoms. The largest absolute Gasteiger partial charge is 0.457 e. The Bertz CT molecular complexity index is 1460. The molecule has 0 aromatic heterocycles. The van der Waals surface area contributed by atoms with E-state index in [2.05, 4.69) is 15.2 Å². The molecular formula is C26H20ClN3O4S. The van der Waals surface area contributed by atoms with E-state index in [-0.39, 0.29) is 16.1 Å². The third-order valence-electron chi connectivity index (χ3n) is 4.76. The van der Waals surface area contributed by atoms with Crippen LogP contribution in [0.15, 0.2) is 113 Å². The lowest BCUT2D eigenvalue weighted by Gasteiger charge is -2.12. The van der Waals surface area contributed by atoms with Crippen molar-refractivity contribution in [2.45, 2.75) is 4.90 Å². The summed E-state index contributed by atoms with van der Waals surface area (Å²) in [6.45, 7) is 0. The van der Waals surface area contributed by atoms with Crippen LogP contribution in [0, 0.1) is 0 Å². The van der Waals surface area contributed by atoms with E-state index in [9.17, 15) is 13.2 Å². The molecule has 4 aromatic carbocycles. The third kappa shape index (κ3) is 6.47. The van der Waals surface area contributed by atoms with Gasteiger partial charge < -0.3 is 4.74 Å². The van der Waals surface area contributed by atoms with Crippen molar-refractivity contribution in [2.75, 3.05) is 4.72 Å². The first-order valence-electron chi connectivity index (χ1n) is 10.4. The van der Waals surface area contributed by atoms with Gasteiger partial charge in [-0.15, -0.1) is 0 Å². The first-order chi connectivity index (χ1) is 16.9. The fraction of sp³-hybridized carbons (Fsp3) is 0. The predicted octanol–water partition coefficient (Wildman–Crippen LogP) is 5.70. The average Bonchev–Trinajstić information content (AvgIpc) is 2.85. The summed E-state index contributed by atoms with van der Waals surface area (Å²) in [5.41, 5.74) is 3.36. The molecule has 9 heteroatoms. The van der Waals surface area contributed by atoms with E-state index in [1.165, 1.54) is 42.6 Å². The molecule has 0 unspecified atom stereocenters. The van der Waals surface area contributed by atoms with E-state index in [1.54, 1.807) is 18.2 Å². The van der Waals surface area contributed by atoms with E-state index < -0.39 is 15.9 Å². The lowest BCUT2D eigenvalue weighted by molar-refractivity contribution is 0.0956. The van der Waals surface area contributed by atoms with Crippen LogP contribution in [0.3, 0.4) is 0 Å². The van der Waals surface area contributed by atoms with Gasteiger partial charge in [-0.3, -0.25) is 9.52 Å². The molecule has 1 amide bonds. The van der Waals surface area contributed by atoms with Gasteiger partial charge >= 0.3 is 0 Å². The van der Waals surface area contributed by atoms with Gasteiger partial charge in [0, 0.05) is 5.02 Å². The molecule has 0 heterocycles. The summed E-state index contributed by atoms with van der Waals surface area (Å²) in [5.74, 6) is 0.744. The second-order valence-electron chi connectivity index (χ2n) is 7.29. The summed E-state index contributed by atoms with van der Waals surface area (Å²) in [6, 6.07) is 28.5. The Morgan fingerprint density at radius 3 is 2.29 bits per heavy atom. The van der Waals surface area contributed by atoms with E-state index in [1.807, 2.05) is 48.5 Å². The van der Waals surface area contributed by atoms with Crippen molar-refractivity contribution in [1.29, 1.82) is 0 Å². The van der Waals surface area contributed by atoms with Crippen molar-refractivity contribution in [3.05, 3.63) is 119 Å². The molecular weight excluding hydrogens is 486 g/mol. The number of para-hydroxylation sites is 2. The lowest BCUT2D eigenvalue weighted by Crippen LogP contribution is -2.21. The molecule has 0 radical (unpaired) electrons. The van der Waals surface area contributed by atoms with Crippen molar-refractivity contribution < 1.29 is 17.9 Å². The summed E-state index contributed by atoms with van der Waals surface area (Å²) >= 11 is 5.84. The number of carbonyl (C=O) groups excluding carboxylic acids is 1. The number of rotatable bonds is 8. The van der Waals surface area contributed by atoms with Crippen molar-refractivity contribution >= 4 is 39.4 Å². The van der Waals surface area contributed by atoms with Gasteiger partial charge in [0.2, 0.25) is 0 Å². The number of hydrazone groups is 1. The van der Waals surface area contributed by atoms with E-state index >= 15 is 0 Å². The molecule has 0 saturated carbocycles. The van der Waals surface area contributed by atoms with Gasteiger partial charge in [0.25, 0.3) is 15.9 Å². The molecule has 0 atom stereocenters. The number of sulfonamides is 1. The Morgan fingerprint density at radius 1 is 0.829 bits per heavy atom. The standard InChI is InChI=1S/C26H20ClN3O4S/c27-20-13-15-23(16-14-20)35(32,33)30-25-12-5-4-11-24(25)26(31)29-28-18-19-7-6-10-22(17-19)34-21-8-2-1-3-9-21/h1-18,30H,(H,29,31)/b28-18-. The maximum atomic E-state index is 12.7. The van der Waals surface area contributed by atoms with Gasteiger partial charge in [-0.1, -0.05) is 54.1 Å². The number of ether oxygens (including phenoxy) is 1. The van der Waals surface area contributed by atoms with Gasteiger partial charge in [0.15, 0.2) is 0 Å². The first kappa shape index (κ1) is 24.0. The summed E-state index contributed by atoms with van der Waals surface area (Å²) in [5, 5.41) is 4.42. The maximum Gasteiger partial charge on any atom is 0.273 e. The van der Waals surface area contributed by atoms with Crippen LogP contribution in [0.1, 0.15) is 15.9 Å². The number of hydrogen-bond acceptors (Lipinski definition) is 5. The van der Waals surface area contributed by atoms with Gasteiger partial charge in [0.05, 0.1) is 22.4 Å². The molecule has 0 saturated heterocycles. The molecule has 2 N–H and O–H groups in total. The van der Waals surface area contributed by atoms with Crippen molar-refractivity contribution in [2.24, 2.45) is 5.10 Å². The number of benzene rings is 4. The van der Waals surface area contributed by atoms with Gasteiger partial charge in [-0.2, -0.15) is 5.10 Å². The lowest BCUT2D eigenvalue weighted by atomic mass is 10.2. The highest BCUT2D eigenvalue weighted by molar-refractivity contribution is 7.92. The normalized spacial score (nSPS) is 11.2. The Balaban J connectivity index is 1.45. The maximum absolute atomic E-state index is 12.7. The summed E-state index contributed by atoms with van der Waals surface area (Å²) in [4.78, 5) is 12.8. The molecule has 4 rings (SSSR count). The molecule has 4 aromatic rings. The Hall–Kier alpha value is -4.14. The predicted molar refractivity (Wildman–Crippen MR) is 137 cm³/mol. The number of halogens is 1. The minimum Gasteiger partial charge on any atom is -0.457 e. The van der Waals surface area contributed by atoms with Gasteiger partial charge in [-0.05, 0) is 66.2 Å². The molecule has 0 aliphatic carbocycles. The quantitative estimate of drug-likeness (QED) is 0.237. The second kappa shape index (κ2) is 10.9. The Morgan fingerprint density at radius 2 is 1.51 bits per heavy atom. The fourth-order valence-corrected chi connectivity index (χ4v) is 4.30. The third-order valence-corrected chi connectivity index (χ3v) is 6.39. The van der Waals surface area contributed by atoms with Crippen LogP contribution in [0.2, 0.25) is 5.02 Å². The topological polar surface area (TPSA) is 96.9 Å². The number of anilines is 1. The number of hydrogen-bond donors (Lipinski definition) is 2. The molecule has 0 fully saturated rings. The van der Waals surface area contributed by atoms with Crippen LogP contribution < -0.4 is 14.9 Å². The molecule has 0 aliphatic heterocycles. The van der Waals surface area contributed by atoms with Crippen molar-refractivity contribution in [3.8, 4) is 11.5 Å². The smallest absolute Gasteiger partial charge is 0.273 e. The fourth-order valence-electron chi connectivity index (χ4n) is 3.10. The van der Waals surface area contributed by atoms with Gasteiger partial charge in [0.1, 0.15) is 11.5 Å². The minimum absolute atomic E-state index is 0.0211. The summed E-state index contributed by atoms with van der Waals surface area (Å²) in [6.07, 6.45) is 1.47. The summed E-state index contributed by atoms with van der Waals surface area (Å²) in [7, 11) is -3.92. The molecule has 0 aliphatic rings. The minimum atomic E-state index is -3.92.